The van der Waals surface area contributed by atoms with Gasteiger partial charge in [-0.1, -0.05) is 23.6 Å². The molecule has 0 aliphatic heterocycles. The molecule has 0 saturated carbocycles. The number of nitrogens with zero attached hydrogens (tertiary/aromatic N) is 2. The highest BCUT2D eigenvalue weighted by atomic mass is 32.1. The summed E-state index contributed by atoms with van der Waals surface area (Å²) in [4.78, 5) is 0. The van der Waals surface area contributed by atoms with Crippen molar-refractivity contribution in [3.8, 4) is 0 Å². The Morgan fingerprint density at radius 1 is 1.85 bits per heavy atom. The van der Waals surface area contributed by atoms with E-state index in [0.717, 1.165) is 24.1 Å². The zero-order valence-corrected chi connectivity index (χ0v) is 8.47. The quantitative estimate of drug-likeness (QED) is 0.426. The lowest BCUT2D eigenvalue weighted by atomic mass is 10.0. The van der Waals surface area contributed by atoms with Crippen LogP contribution in [0.2, 0.25) is 0 Å². The second kappa shape index (κ2) is 5.06. The van der Waals surface area contributed by atoms with Gasteiger partial charge in [-0.05, 0) is 24.4 Å². The third kappa shape index (κ3) is 2.87. The summed E-state index contributed by atoms with van der Waals surface area (Å²) in [7, 11) is 0. The van der Waals surface area contributed by atoms with Gasteiger partial charge in [-0.2, -0.15) is 0 Å². The number of hydrogen-bond acceptors (Lipinski definition) is 5. The highest BCUT2D eigenvalue weighted by Gasteiger charge is 2.12. The summed E-state index contributed by atoms with van der Waals surface area (Å²) in [5, 5.41) is 5.86. The molecule has 0 radical (unpaired) electrons. The number of nitrogens with two attached hydrogens (primary N) is 1. The molecule has 1 aromatic rings. The van der Waals surface area contributed by atoms with Gasteiger partial charge in [0.25, 0.3) is 0 Å². The van der Waals surface area contributed by atoms with Gasteiger partial charge in [-0.15, -0.1) is 5.10 Å². The van der Waals surface area contributed by atoms with Gasteiger partial charge in [0.15, 0.2) is 0 Å². The van der Waals surface area contributed by atoms with Crippen molar-refractivity contribution < 1.29 is 0 Å². The molecule has 0 aromatic carbocycles. The van der Waals surface area contributed by atoms with Crippen LogP contribution in [0, 0.1) is 0 Å². The number of nitrogens with one attached hydrogen (secondary N) is 1. The fourth-order valence-corrected chi connectivity index (χ4v) is 1.51. The fraction of sp³-hybridized carbons (Fsp3) is 0.500. The van der Waals surface area contributed by atoms with Gasteiger partial charge in [-0.3, -0.25) is 11.3 Å². The third-order valence-corrected chi connectivity index (χ3v) is 2.45. The minimum absolute atomic E-state index is 0.0474. The van der Waals surface area contributed by atoms with E-state index in [9.17, 15) is 0 Å². The Bertz CT molecular complexity index is 257. The van der Waals surface area contributed by atoms with E-state index in [2.05, 4.69) is 28.5 Å². The van der Waals surface area contributed by atoms with Crippen molar-refractivity contribution in [2.75, 3.05) is 0 Å². The Kier molecular flexibility index (Phi) is 4.01. The predicted molar refractivity (Wildman–Crippen MR) is 54.0 cm³/mol. The van der Waals surface area contributed by atoms with Crippen LogP contribution in [-0.2, 0) is 0 Å². The standard InChI is InChI=1S/C8H14N4S/c1-3-6(2)4-7(10-9)8-5-13-12-11-8/h5,7,10H,2-4,9H2,1H3. The van der Waals surface area contributed by atoms with Gasteiger partial charge >= 0.3 is 0 Å². The zero-order chi connectivity index (χ0) is 9.68. The fourth-order valence-electron chi connectivity index (χ4n) is 1.01. The first-order chi connectivity index (χ1) is 6.27. The third-order valence-electron chi connectivity index (χ3n) is 1.93. The van der Waals surface area contributed by atoms with Crippen LogP contribution in [0.5, 0.6) is 0 Å². The summed E-state index contributed by atoms with van der Waals surface area (Å²) in [5.74, 6) is 5.41. The highest BCUT2D eigenvalue weighted by molar-refractivity contribution is 7.03. The minimum atomic E-state index is 0.0474. The van der Waals surface area contributed by atoms with Crippen LogP contribution >= 0.6 is 11.5 Å². The summed E-state index contributed by atoms with van der Waals surface area (Å²) in [6.45, 7) is 6.01. The lowest BCUT2D eigenvalue weighted by Crippen LogP contribution is -2.28. The Morgan fingerprint density at radius 2 is 2.62 bits per heavy atom. The van der Waals surface area contributed by atoms with Gasteiger partial charge < -0.3 is 0 Å². The Balaban J connectivity index is 2.58. The van der Waals surface area contributed by atoms with Crippen molar-refractivity contribution in [2.24, 2.45) is 5.84 Å². The van der Waals surface area contributed by atoms with E-state index < -0.39 is 0 Å². The van der Waals surface area contributed by atoms with Gasteiger partial charge in [-0.25, -0.2) is 0 Å². The van der Waals surface area contributed by atoms with Crippen LogP contribution in [-0.4, -0.2) is 9.59 Å². The predicted octanol–water partition coefficient (Wildman–Crippen LogP) is 1.40. The lowest BCUT2D eigenvalue weighted by molar-refractivity contribution is 0.530. The SMILES string of the molecule is C=C(CC)CC(NN)c1csnn1. The monoisotopic (exact) mass is 198 g/mol. The van der Waals surface area contributed by atoms with Crippen LogP contribution in [0.15, 0.2) is 17.5 Å². The second-order valence-corrected chi connectivity index (χ2v) is 3.47. The molecule has 3 N–H and O–H groups in total. The summed E-state index contributed by atoms with van der Waals surface area (Å²) in [6, 6.07) is 0.0474. The van der Waals surface area contributed by atoms with Crippen LogP contribution in [0.25, 0.3) is 0 Å². The number of aromatic nitrogens is 2. The van der Waals surface area contributed by atoms with Gasteiger partial charge in [0.05, 0.1) is 11.7 Å². The van der Waals surface area contributed by atoms with Gasteiger partial charge in [0.1, 0.15) is 0 Å². The number of rotatable bonds is 5. The summed E-state index contributed by atoms with van der Waals surface area (Å²) >= 11 is 1.33. The van der Waals surface area contributed by atoms with E-state index in [-0.39, 0.29) is 6.04 Å². The maximum absolute atomic E-state index is 5.41. The largest absolute Gasteiger partial charge is 0.271 e. The molecule has 5 heteroatoms. The van der Waals surface area contributed by atoms with Crippen LogP contribution in [0.1, 0.15) is 31.5 Å². The first kappa shape index (κ1) is 10.3. The van der Waals surface area contributed by atoms with Gasteiger partial charge in [0, 0.05) is 5.38 Å². The summed E-state index contributed by atoms with van der Waals surface area (Å²) in [6.07, 6.45) is 1.79. The van der Waals surface area contributed by atoms with Gasteiger partial charge in [0.2, 0.25) is 0 Å². The molecule has 0 aliphatic rings. The van der Waals surface area contributed by atoms with Crippen molar-refractivity contribution in [3.05, 3.63) is 23.2 Å². The molecule has 13 heavy (non-hydrogen) atoms. The van der Waals surface area contributed by atoms with Crippen LogP contribution < -0.4 is 11.3 Å². The molecule has 72 valence electrons. The zero-order valence-electron chi connectivity index (χ0n) is 7.66. The normalized spacial score (nSPS) is 12.8. The molecule has 1 unspecified atom stereocenters. The van der Waals surface area contributed by atoms with E-state index in [0.29, 0.717) is 0 Å². The van der Waals surface area contributed by atoms with Crippen molar-refractivity contribution in [2.45, 2.75) is 25.8 Å². The molecule has 0 fully saturated rings. The van der Waals surface area contributed by atoms with E-state index in [1.807, 2.05) is 5.38 Å². The van der Waals surface area contributed by atoms with E-state index in [1.165, 1.54) is 11.5 Å². The number of hydrogen-bond donors (Lipinski definition) is 2. The molecule has 4 nitrogen and oxygen atoms in total. The first-order valence-electron chi connectivity index (χ1n) is 4.17. The average Bonchev–Trinajstić information content (AvgIpc) is 2.66. The molecule has 0 spiro atoms. The van der Waals surface area contributed by atoms with E-state index >= 15 is 0 Å². The number of hydrazine groups is 1. The molecule has 1 aromatic heterocycles. The Morgan fingerprint density at radius 3 is 3.08 bits per heavy atom. The minimum Gasteiger partial charge on any atom is -0.271 e. The molecule has 0 aliphatic carbocycles. The Labute approximate surface area is 82.0 Å². The molecule has 1 heterocycles. The molecule has 1 atom stereocenters. The second-order valence-electron chi connectivity index (χ2n) is 2.86. The van der Waals surface area contributed by atoms with Crippen molar-refractivity contribution in [1.82, 2.24) is 15.0 Å². The highest BCUT2D eigenvalue weighted by Crippen LogP contribution is 2.19. The summed E-state index contributed by atoms with van der Waals surface area (Å²) in [5.41, 5.74) is 4.77. The smallest absolute Gasteiger partial charge is 0.0941 e. The van der Waals surface area contributed by atoms with E-state index in [4.69, 9.17) is 5.84 Å². The summed E-state index contributed by atoms with van der Waals surface area (Å²) < 4.78 is 3.79. The molecule has 0 saturated heterocycles. The molecular weight excluding hydrogens is 184 g/mol. The maximum atomic E-state index is 5.41. The molecule has 0 amide bonds. The first-order valence-corrected chi connectivity index (χ1v) is 5.01. The topological polar surface area (TPSA) is 63.8 Å². The van der Waals surface area contributed by atoms with Crippen molar-refractivity contribution in [3.63, 3.8) is 0 Å². The maximum Gasteiger partial charge on any atom is 0.0941 e. The molecule has 0 bridgehead atoms. The van der Waals surface area contributed by atoms with E-state index in [1.54, 1.807) is 0 Å². The molecular formula is C8H14N4S. The Hall–Kier alpha value is -0.780. The van der Waals surface area contributed by atoms with Crippen LogP contribution in [0.3, 0.4) is 0 Å². The lowest BCUT2D eigenvalue weighted by Gasteiger charge is -2.13. The average molecular weight is 198 g/mol. The molecule has 1 rings (SSSR count). The van der Waals surface area contributed by atoms with Crippen LogP contribution in [0.4, 0.5) is 0 Å². The van der Waals surface area contributed by atoms with Crippen molar-refractivity contribution in [1.29, 1.82) is 0 Å². The van der Waals surface area contributed by atoms with Crippen molar-refractivity contribution >= 4 is 11.5 Å².